The molecule has 1 aromatic heterocycles. The summed E-state index contributed by atoms with van der Waals surface area (Å²) in [5.41, 5.74) is 5.38. The Morgan fingerprint density at radius 3 is 1.79 bits per heavy atom. The summed E-state index contributed by atoms with van der Waals surface area (Å²) in [7, 11) is 0. The summed E-state index contributed by atoms with van der Waals surface area (Å²) in [5.74, 6) is -0.906. The molecule has 11 nitrogen and oxygen atoms in total. The van der Waals surface area contributed by atoms with Crippen molar-refractivity contribution in [2.24, 2.45) is 5.92 Å². The van der Waals surface area contributed by atoms with Crippen molar-refractivity contribution in [1.82, 2.24) is 15.5 Å². The molecule has 1 fully saturated rings. The molecule has 4 atom stereocenters. The number of rotatable bonds is 12. The van der Waals surface area contributed by atoms with Crippen LogP contribution < -0.4 is 5.32 Å². The minimum atomic E-state index is -0.907. The minimum absolute atomic E-state index is 0.136. The molecular formula is C45H47Cl2N5O6. The molecule has 1 amide bonds. The number of aliphatic hydroxyl groups excluding tert-OH is 2. The van der Waals surface area contributed by atoms with E-state index < -0.39 is 24.0 Å². The molecule has 302 valence electrons. The van der Waals surface area contributed by atoms with Gasteiger partial charge in [0.1, 0.15) is 0 Å². The predicted molar refractivity (Wildman–Crippen MR) is 225 cm³/mol. The smallest absolute Gasteiger partial charge is 0.247 e. The van der Waals surface area contributed by atoms with Crippen LogP contribution in [0, 0.1) is 32.9 Å². The van der Waals surface area contributed by atoms with Crippen molar-refractivity contribution < 1.29 is 29.0 Å². The number of hydrogen-bond donors (Lipinski definition) is 3. The topological polar surface area (TPSA) is 144 Å². The number of aliphatic hydroxyl groups is 2. The summed E-state index contributed by atoms with van der Waals surface area (Å²) >= 11 is 12.5. The molecule has 4 aromatic carbocycles. The van der Waals surface area contributed by atoms with Crippen molar-refractivity contribution in [1.29, 1.82) is 0 Å². The first-order valence-corrected chi connectivity index (χ1v) is 19.6. The molecule has 6 rings (SSSR count). The molecule has 58 heavy (non-hydrogen) atoms. The molecule has 0 aliphatic carbocycles. The van der Waals surface area contributed by atoms with Crippen molar-refractivity contribution in [2.75, 3.05) is 19.8 Å². The average molecular weight is 825 g/mol. The van der Waals surface area contributed by atoms with Crippen molar-refractivity contribution in [2.45, 2.75) is 71.5 Å². The van der Waals surface area contributed by atoms with Crippen LogP contribution in [0.15, 0.2) is 89.3 Å². The number of ketones is 1. The van der Waals surface area contributed by atoms with Gasteiger partial charge in [-0.2, -0.15) is 0 Å². The van der Waals surface area contributed by atoms with Crippen LogP contribution in [0.1, 0.15) is 71.1 Å². The lowest BCUT2D eigenvalue weighted by Crippen LogP contribution is -2.40. The third-order valence-corrected chi connectivity index (χ3v) is 10.7. The van der Waals surface area contributed by atoms with Gasteiger partial charge >= 0.3 is 0 Å². The van der Waals surface area contributed by atoms with E-state index in [0.717, 1.165) is 35.5 Å². The number of carbonyl (C=O) groups is 2. The Bertz CT molecular complexity index is 2200. The highest BCUT2D eigenvalue weighted by Gasteiger charge is 2.27. The molecule has 2 heterocycles. The van der Waals surface area contributed by atoms with Crippen molar-refractivity contribution >= 4 is 46.3 Å². The van der Waals surface area contributed by atoms with Crippen LogP contribution in [0.4, 0.5) is 11.4 Å². The zero-order valence-corrected chi connectivity index (χ0v) is 34.4. The number of Topliss-reactive ketones (excluding diaryl/α,β-unsaturated/α-hetero) is 1. The van der Waals surface area contributed by atoms with Gasteiger partial charge in [-0.3, -0.25) is 9.59 Å². The van der Waals surface area contributed by atoms with Crippen molar-refractivity contribution in [3.05, 3.63) is 152 Å². The third kappa shape index (κ3) is 12.5. The van der Waals surface area contributed by atoms with Gasteiger partial charge in [-0.15, -0.1) is 10.2 Å². The van der Waals surface area contributed by atoms with Gasteiger partial charge in [-0.1, -0.05) is 96.0 Å². The van der Waals surface area contributed by atoms with Crippen LogP contribution in [0.5, 0.6) is 0 Å². The zero-order chi connectivity index (χ0) is 42.2. The maximum absolute atomic E-state index is 12.5. The fourth-order valence-corrected chi connectivity index (χ4v) is 6.53. The Labute approximate surface area is 349 Å². The number of amides is 1. The molecule has 0 radical (unpaired) electrons. The summed E-state index contributed by atoms with van der Waals surface area (Å²) in [6, 6.07) is 25.1. The predicted octanol–water partition coefficient (Wildman–Crippen LogP) is 9.49. The van der Waals surface area contributed by atoms with E-state index in [0.29, 0.717) is 50.7 Å². The SMILES string of the molecule is C1CCOC1.[C-]#[N+]c1ccc(C[C@@H](C(=O)NCC(=O)c2ccccc2)[C@@H](C)O)c(C)c1Cl.[C-]#[N+]c1ccc(C[C@@H](c2nnc(-c3ccccc3)o2)[C@@H](C)O)c(C)c1Cl. The van der Waals surface area contributed by atoms with Gasteiger partial charge in [0, 0.05) is 24.3 Å². The summed E-state index contributed by atoms with van der Waals surface area (Å²) in [4.78, 5) is 31.4. The summed E-state index contributed by atoms with van der Waals surface area (Å²) in [6.45, 7) is 23.0. The van der Waals surface area contributed by atoms with Crippen LogP contribution in [-0.2, 0) is 22.4 Å². The van der Waals surface area contributed by atoms with Gasteiger partial charge in [0.15, 0.2) is 5.78 Å². The van der Waals surface area contributed by atoms with Gasteiger partial charge in [0.25, 0.3) is 0 Å². The largest absolute Gasteiger partial charge is 0.420 e. The molecular weight excluding hydrogens is 777 g/mol. The molecule has 5 aromatic rings. The fraction of sp³-hybridized carbons (Fsp3) is 0.333. The first-order chi connectivity index (χ1) is 27.9. The molecule has 3 N–H and O–H groups in total. The van der Waals surface area contributed by atoms with E-state index in [-0.39, 0.29) is 24.7 Å². The number of carbonyl (C=O) groups excluding carboxylic acids is 2. The molecule has 1 aliphatic heterocycles. The molecule has 0 unspecified atom stereocenters. The van der Waals surface area contributed by atoms with Crippen LogP contribution in [0.25, 0.3) is 21.1 Å². The molecule has 1 aliphatic rings. The minimum Gasteiger partial charge on any atom is -0.420 e. The Kier molecular flexibility index (Phi) is 17.6. The Morgan fingerprint density at radius 2 is 1.31 bits per heavy atom. The van der Waals surface area contributed by atoms with Crippen LogP contribution in [-0.4, -0.2) is 64.1 Å². The second-order valence-electron chi connectivity index (χ2n) is 13.8. The molecule has 0 spiro atoms. The van der Waals surface area contributed by atoms with Crippen molar-refractivity contribution in [3.8, 4) is 11.5 Å². The van der Waals surface area contributed by atoms with E-state index in [9.17, 15) is 19.8 Å². The summed E-state index contributed by atoms with van der Waals surface area (Å²) in [5, 5.41) is 32.0. The number of ether oxygens (including phenoxy) is 1. The van der Waals surface area contributed by atoms with E-state index in [1.54, 1.807) is 56.3 Å². The first-order valence-electron chi connectivity index (χ1n) is 18.9. The summed E-state index contributed by atoms with van der Waals surface area (Å²) < 4.78 is 10.8. The number of hydrogen-bond acceptors (Lipinski definition) is 8. The highest BCUT2D eigenvalue weighted by atomic mass is 35.5. The number of nitrogens with zero attached hydrogens (tertiary/aromatic N) is 4. The standard InChI is InChI=1S/C21H21ClN2O3.C20H18ClN3O2.C4H8O/c1-13-16(9-10-18(23-3)20(13)22)11-17(14(2)25)21(27)24-12-19(26)15-7-5-4-6-8-15;1-12-15(9-10-17(22-3)18(12)21)11-16(13(2)25)20-24-23-19(26-20)14-7-5-4-6-8-14;1-2-4-5-3-1/h4-10,14,17,25H,11-12H2,1-2H3,(H,24,27);4-10,13,16,25H,11H2,1-2H3;1-4H2/t14-,17-;13-,16-;/m11./s1. The number of aromatic nitrogens is 2. The van der Waals surface area contributed by atoms with Gasteiger partial charge in [-0.25, -0.2) is 9.69 Å². The Balaban J connectivity index is 0.000000228. The monoisotopic (exact) mass is 823 g/mol. The highest BCUT2D eigenvalue weighted by molar-refractivity contribution is 6.34. The number of nitrogens with one attached hydrogen (secondary N) is 1. The van der Waals surface area contributed by atoms with Crippen LogP contribution >= 0.6 is 23.2 Å². The van der Waals surface area contributed by atoms with E-state index in [2.05, 4.69) is 25.2 Å². The molecule has 0 saturated carbocycles. The quantitative estimate of drug-likeness (QED) is 0.0834. The van der Waals surface area contributed by atoms with E-state index >= 15 is 0 Å². The first kappa shape index (κ1) is 45.3. The van der Waals surface area contributed by atoms with Gasteiger partial charge in [0.05, 0.1) is 53.8 Å². The van der Waals surface area contributed by atoms with E-state index in [4.69, 9.17) is 45.5 Å². The van der Waals surface area contributed by atoms with Gasteiger partial charge < -0.3 is 24.7 Å². The molecule has 1 saturated heterocycles. The lowest BCUT2D eigenvalue weighted by atomic mass is 9.91. The van der Waals surface area contributed by atoms with Crippen LogP contribution in [0.2, 0.25) is 10.0 Å². The molecule has 13 heteroatoms. The number of halogens is 2. The Hall–Kier alpha value is -5.40. The summed E-state index contributed by atoms with van der Waals surface area (Å²) in [6.07, 6.45) is 1.71. The fourth-order valence-electron chi connectivity index (χ4n) is 6.07. The maximum atomic E-state index is 12.5. The maximum Gasteiger partial charge on any atom is 0.247 e. The second kappa shape index (κ2) is 22.5. The van der Waals surface area contributed by atoms with Gasteiger partial charge in [-0.05, 0) is 87.8 Å². The highest BCUT2D eigenvalue weighted by Crippen LogP contribution is 2.35. The Morgan fingerprint density at radius 1 is 0.776 bits per heavy atom. The lowest BCUT2D eigenvalue weighted by Gasteiger charge is -2.21. The number of benzene rings is 4. The normalized spacial score (nSPS) is 13.9. The van der Waals surface area contributed by atoms with Gasteiger partial charge in [0.2, 0.25) is 29.1 Å². The average Bonchev–Trinajstić information content (AvgIpc) is 3.99. The zero-order valence-electron chi connectivity index (χ0n) is 32.9. The van der Waals surface area contributed by atoms with E-state index in [1.165, 1.54) is 19.8 Å². The van der Waals surface area contributed by atoms with Crippen LogP contribution in [0.3, 0.4) is 0 Å². The van der Waals surface area contributed by atoms with E-state index in [1.807, 2.05) is 49.4 Å². The lowest BCUT2D eigenvalue weighted by molar-refractivity contribution is -0.127. The third-order valence-electron chi connectivity index (χ3n) is 9.70. The second-order valence-corrected chi connectivity index (χ2v) is 14.6. The van der Waals surface area contributed by atoms with Crippen molar-refractivity contribution in [3.63, 3.8) is 0 Å². The molecule has 0 bridgehead atoms.